The number of anilines is 1. The fourth-order valence-corrected chi connectivity index (χ4v) is 3.14. The van der Waals surface area contributed by atoms with E-state index in [1.165, 1.54) is 13.0 Å². The van der Waals surface area contributed by atoms with E-state index < -0.39 is 0 Å². The zero-order chi connectivity index (χ0) is 18.7. The predicted molar refractivity (Wildman–Crippen MR) is 106 cm³/mol. The van der Waals surface area contributed by atoms with Gasteiger partial charge in [0.1, 0.15) is 11.6 Å². The topological polar surface area (TPSA) is 65.1 Å². The highest BCUT2D eigenvalue weighted by Gasteiger charge is 2.18. The van der Waals surface area contributed by atoms with Gasteiger partial charge in [0.2, 0.25) is 0 Å². The molecular weight excluding hydrogens is 326 g/mol. The molecule has 3 heterocycles. The molecule has 0 bridgehead atoms. The van der Waals surface area contributed by atoms with Gasteiger partial charge < -0.3 is 9.88 Å². The normalized spacial score (nSPS) is 15.7. The van der Waals surface area contributed by atoms with Gasteiger partial charge in [0, 0.05) is 49.2 Å². The summed E-state index contributed by atoms with van der Waals surface area (Å²) in [4.78, 5) is 28.7. The van der Waals surface area contributed by atoms with E-state index in [0.717, 1.165) is 49.2 Å². The Labute approximate surface area is 155 Å². The largest absolute Gasteiger partial charge is 0.354 e. The summed E-state index contributed by atoms with van der Waals surface area (Å²) < 4.78 is 0. The summed E-state index contributed by atoms with van der Waals surface area (Å²) in [5.74, 6) is 2.33. The molecule has 1 fully saturated rings. The average molecular weight is 355 g/mol. The quantitative estimate of drug-likeness (QED) is 0.893. The summed E-state index contributed by atoms with van der Waals surface area (Å²) in [5, 5.41) is 0. The van der Waals surface area contributed by atoms with Crippen LogP contribution in [0.3, 0.4) is 0 Å². The Morgan fingerprint density at radius 3 is 2.46 bits per heavy atom. The van der Waals surface area contributed by atoms with Crippen LogP contribution in [0.1, 0.15) is 31.5 Å². The molecule has 26 heavy (non-hydrogen) atoms. The van der Waals surface area contributed by atoms with E-state index in [-0.39, 0.29) is 5.56 Å². The van der Waals surface area contributed by atoms with Crippen LogP contribution in [-0.2, 0) is 0 Å². The van der Waals surface area contributed by atoms with Gasteiger partial charge in [-0.15, -0.1) is 0 Å². The molecular formula is C20H29N5O. The first kappa shape index (κ1) is 18.6. The Balaban J connectivity index is 1.65. The summed E-state index contributed by atoms with van der Waals surface area (Å²) in [5.41, 5.74) is 2.16. The molecule has 0 saturated carbocycles. The second kappa shape index (κ2) is 7.99. The smallest absolute Gasteiger partial charge is 0.254 e. The Morgan fingerprint density at radius 2 is 1.88 bits per heavy atom. The van der Waals surface area contributed by atoms with E-state index in [0.29, 0.717) is 11.4 Å². The van der Waals surface area contributed by atoms with Crippen molar-refractivity contribution in [2.24, 2.45) is 5.92 Å². The maximum Gasteiger partial charge on any atom is 0.254 e. The van der Waals surface area contributed by atoms with Crippen molar-refractivity contribution in [3.63, 3.8) is 0 Å². The summed E-state index contributed by atoms with van der Waals surface area (Å²) in [6.07, 6.45) is 3.06. The van der Waals surface area contributed by atoms with Gasteiger partial charge in [-0.1, -0.05) is 13.8 Å². The predicted octanol–water partition coefficient (Wildman–Crippen LogP) is 2.62. The highest BCUT2D eigenvalue weighted by atomic mass is 16.1. The van der Waals surface area contributed by atoms with Gasteiger partial charge in [-0.2, -0.15) is 0 Å². The maximum absolute atomic E-state index is 11.9. The van der Waals surface area contributed by atoms with Crippen molar-refractivity contribution in [3.05, 3.63) is 39.9 Å². The zero-order valence-corrected chi connectivity index (χ0v) is 16.2. The van der Waals surface area contributed by atoms with Crippen LogP contribution in [-0.4, -0.2) is 52.6 Å². The number of aromatic nitrogens is 3. The Kier molecular flexibility index (Phi) is 5.71. The van der Waals surface area contributed by atoms with Gasteiger partial charge >= 0.3 is 0 Å². The number of aromatic amines is 1. The molecule has 0 spiro atoms. The monoisotopic (exact) mass is 355 g/mol. The molecule has 1 N–H and O–H groups in total. The maximum atomic E-state index is 11.9. The Morgan fingerprint density at radius 1 is 1.15 bits per heavy atom. The van der Waals surface area contributed by atoms with Crippen molar-refractivity contribution in [3.8, 4) is 11.4 Å². The average Bonchev–Trinajstić information content (AvgIpc) is 2.64. The first-order chi connectivity index (χ1) is 12.4. The van der Waals surface area contributed by atoms with Crippen molar-refractivity contribution >= 4 is 5.82 Å². The van der Waals surface area contributed by atoms with E-state index in [2.05, 4.69) is 38.6 Å². The van der Waals surface area contributed by atoms with Crippen LogP contribution < -0.4 is 10.5 Å². The fraction of sp³-hybridized carbons (Fsp3) is 0.550. The third-order valence-electron chi connectivity index (χ3n) is 5.14. The number of aryl methyl sites for hydroxylation is 1. The number of hydrogen-bond donors (Lipinski definition) is 1. The standard InChI is InChI=1S/C20H29N5O/c1-14(2)7-8-24-9-11-25(12-10-24)18-6-5-17(13-21-18)19-22-16(4)15(3)20(26)23-19/h5-6,13-14H,7-12H2,1-4H3,(H,22,23,26). The summed E-state index contributed by atoms with van der Waals surface area (Å²) in [6.45, 7) is 13.6. The molecule has 140 valence electrons. The van der Waals surface area contributed by atoms with Crippen LogP contribution in [0.15, 0.2) is 23.1 Å². The van der Waals surface area contributed by atoms with Crippen molar-refractivity contribution < 1.29 is 0 Å². The van der Waals surface area contributed by atoms with Gasteiger partial charge in [0.05, 0.1) is 0 Å². The van der Waals surface area contributed by atoms with Gasteiger partial charge in [-0.25, -0.2) is 9.97 Å². The van der Waals surface area contributed by atoms with Crippen LogP contribution in [0.4, 0.5) is 5.82 Å². The van der Waals surface area contributed by atoms with E-state index >= 15 is 0 Å². The number of rotatable bonds is 5. The molecule has 1 aliphatic rings. The minimum Gasteiger partial charge on any atom is -0.354 e. The SMILES string of the molecule is Cc1nc(-c2ccc(N3CCN(CCC(C)C)CC3)nc2)[nH]c(=O)c1C. The van der Waals surface area contributed by atoms with Crippen LogP contribution in [0, 0.1) is 19.8 Å². The number of nitrogens with one attached hydrogen (secondary N) is 1. The molecule has 2 aromatic heterocycles. The molecule has 0 atom stereocenters. The van der Waals surface area contributed by atoms with Crippen molar-refractivity contribution in [2.45, 2.75) is 34.1 Å². The molecule has 0 aromatic carbocycles. The van der Waals surface area contributed by atoms with Gasteiger partial charge in [0.25, 0.3) is 5.56 Å². The van der Waals surface area contributed by atoms with Crippen LogP contribution >= 0.6 is 0 Å². The highest BCUT2D eigenvalue weighted by molar-refractivity contribution is 5.56. The number of piperazine rings is 1. The van der Waals surface area contributed by atoms with Crippen LogP contribution in [0.2, 0.25) is 0 Å². The lowest BCUT2D eigenvalue weighted by Gasteiger charge is -2.35. The van der Waals surface area contributed by atoms with Gasteiger partial charge in [-0.3, -0.25) is 9.69 Å². The highest BCUT2D eigenvalue weighted by Crippen LogP contribution is 2.19. The molecule has 0 amide bonds. The zero-order valence-electron chi connectivity index (χ0n) is 16.2. The summed E-state index contributed by atoms with van der Waals surface area (Å²) in [6, 6.07) is 4.01. The number of nitrogens with zero attached hydrogens (tertiary/aromatic N) is 4. The summed E-state index contributed by atoms with van der Waals surface area (Å²) >= 11 is 0. The lowest BCUT2D eigenvalue weighted by atomic mass is 10.1. The summed E-state index contributed by atoms with van der Waals surface area (Å²) in [7, 11) is 0. The van der Waals surface area contributed by atoms with Crippen LogP contribution in [0.25, 0.3) is 11.4 Å². The molecule has 6 heteroatoms. The number of pyridine rings is 1. The number of H-pyrrole nitrogens is 1. The molecule has 1 saturated heterocycles. The van der Waals surface area contributed by atoms with E-state index in [1.54, 1.807) is 13.1 Å². The van der Waals surface area contributed by atoms with Crippen LogP contribution in [0.5, 0.6) is 0 Å². The van der Waals surface area contributed by atoms with Crippen molar-refractivity contribution in [2.75, 3.05) is 37.6 Å². The Bertz CT molecular complexity index is 789. The first-order valence-corrected chi connectivity index (χ1v) is 9.45. The molecule has 6 nitrogen and oxygen atoms in total. The van der Waals surface area contributed by atoms with E-state index in [9.17, 15) is 4.79 Å². The second-order valence-corrected chi connectivity index (χ2v) is 7.54. The van der Waals surface area contributed by atoms with Crippen molar-refractivity contribution in [1.29, 1.82) is 0 Å². The molecule has 3 rings (SSSR count). The third kappa shape index (κ3) is 4.30. The third-order valence-corrected chi connectivity index (χ3v) is 5.14. The molecule has 2 aromatic rings. The van der Waals surface area contributed by atoms with Gasteiger partial charge in [-0.05, 0) is 44.9 Å². The minimum absolute atomic E-state index is 0.0888. The lowest BCUT2D eigenvalue weighted by molar-refractivity contribution is 0.243. The molecule has 0 radical (unpaired) electrons. The molecule has 0 unspecified atom stereocenters. The Hall–Kier alpha value is -2.21. The number of hydrogen-bond acceptors (Lipinski definition) is 5. The van der Waals surface area contributed by atoms with Gasteiger partial charge in [0.15, 0.2) is 0 Å². The molecule has 1 aliphatic heterocycles. The first-order valence-electron chi connectivity index (χ1n) is 9.45. The van der Waals surface area contributed by atoms with E-state index in [4.69, 9.17) is 0 Å². The lowest BCUT2D eigenvalue weighted by Crippen LogP contribution is -2.47. The van der Waals surface area contributed by atoms with E-state index in [1.807, 2.05) is 19.1 Å². The molecule has 0 aliphatic carbocycles. The van der Waals surface area contributed by atoms with Crippen molar-refractivity contribution in [1.82, 2.24) is 19.9 Å². The minimum atomic E-state index is -0.0888. The fourth-order valence-electron chi connectivity index (χ4n) is 3.14. The second-order valence-electron chi connectivity index (χ2n) is 7.54.